The zero-order chi connectivity index (χ0) is 15.1. The fraction of sp³-hybridized carbons (Fsp3) is 0.750. The number of urea groups is 1. The minimum atomic E-state index is -1.31. The van der Waals surface area contributed by atoms with Gasteiger partial charge in [-0.1, -0.05) is 0 Å². The van der Waals surface area contributed by atoms with E-state index in [1.807, 2.05) is 0 Å². The molecule has 4 N–H and O–H groups in total. The number of hydrogen-bond acceptors (Lipinski definition) is 4. The fourth-order valence-electron chi connectivity index (χ4n) is 1.50. The smallest absolute Gasteiger partial charge is 0.326 e. The van der Waals surface area contributed by atoms with Crippen molar-refractivity contribution in [3.05, 3.63) is 0 Å². The fourth-order valence-corrected chi connectivity index (χ4v) is 1.50. The van der Waals surface area contributed by atoms with Gasteiger partial charge in [0, 0.05) is 20.2 Å². The molecule has 0 saturated heterocycles. The Morgan fingerprint density at radius 3 is 2.60 bits per heavy atom. The van der Waals surface area contributed by atoms with E-state index in [-0.39, 0.29) is 0 Å². The van der Waals surface area contributed by atoms with Crippen LogP contribution in [0, 0.1) is 5.92 Å². The molecular formula is C12H21N3O5. The molecule has 3 amide bonds. The molecule has 0 aromatic carbocycles. The largest absolute Gasteiger partial charge is 0.480 e. The van der Waals surface area contributed by atoms with Gasteiger partial charge < -0.3 is 25.8 Å². The highest BCUT2D eigenvalue weighted by molar-refractivity contribution is 5.87. The number of carboxylic acid groups (broad SMARTS) is 1. The highest BCUT2D eigenvalue weighted by atomic mass is 16.5. The molecule has 1 rings (SSSR count). The van der Waals surface area contributed by atoms with Gasteiger partial charge in [0.25, 0.3) is 0 Å². The first-order chi connectivity index (χ1) is 9.40. The van der Waals surface area contributed by atoms with E-state index in [9.17, 15) is 14.4 Å². The molecule has 1 aliphatic carbocycles. The summed E-state index contributed by atoms with van der Waals surface area (Å²) in [7, 11) is 1.53. The summed E-state index contributed by atoms with van der Waals surface area (Å²) in [4.78, 5) is 34.6. The second-order valence-corrected chi connectivity index (χ2v) is 4.95. The van der Waals surface area contributed by atoms with Crippen molar-refractivity contribution in [2.45, 2.75) is 25.3 Å². The molecule has 0 spiro atoms. The van der Waals surface area contributed by atoms with Crippen LogP contribution >= 0.6 is 0 Å². The number of nitrogens with two attached hydrogens (primary N) is 1. The molecule has 0 aliphatic heterocycles. The second kappa shape index (κ2) is 7.68. The lowest BCUT2D eigenvalue weighted by Crippen LogP contribution is -2.48. The number of nitrogens with zero attached hydrogens (tertiary/aromatic N) is 1. The Hall–Kier alpha value is -1.83. The Labute approximate surface area is 117 Å². The highest BCUT2D eigenvalue weighted by Gasteiger charge is 2.24. The number of carbonyl (C=O) groups excluding carboxylic acids is 2. The van der Waals surface area contributed by atoms with E-state index in [0.717, 1.165) is 0 Å². The lowest BCUT2D eigenvalue weighted by Gasteiger charge is -2.20. The maximum atomic E-state index is 11.7. The van der Waals surface area contributed by atoms with Crippen molar-refractivity contribution < 1.29 is 24.2 Å². The molecule has 0 radical (unpaired) electrons. The van der Waals surface area contributed by atoms with E-state index in [0.29, 0.717) is 25.7 Å². The van der Waals surface area contributed by atoms with Crippen molar-refractivity contribution in [2.24, 2.45) is 11.7 Å². The Kier molecular flexibility index (Phi) is 6.23. The summed E-state index contributed by atoms with van der Waals surface area (Å²) >= 11 is 0. The number of aliphatic carboxylic acids is 1. The molecule has 0 heterocycles. The van der Waals surface area contributed by atoms with E-state index in [2.05, 4.69) is 5.32 Å². The molecular weight excluding hydrogens is 266 g/mol. The van der Waals surface area contributed by atoms with Crippen LogP contribution in [0.5, 0.6) is 0 Å². The molecule has 0 bridgehead atoms. The number of rotatable bonds is 9. The molecule has 1 unspecified atom stereocenters. The quantitative estimate of drug-likeness (QED) is 0.488. The summed E-state index contributed by atoms with van der Waals surface area (Å²) in [6.07, 6.45) is 1.96. The molecule has 8 heteroatoms. The molecule has 1 saturated carbocycles. The number of primary amides is 1. The number of likely N-dealkylation sites (N-methyl/N-ethyl adjacent to an activating group) is 1. The third-order valence-electron chi connectivity index (χ3n) is 2.97. The van der Waals surface area contributed by atoms with Crippen molar-refractivity contribution in [3.8, 4) is 0 Å². The van der Waals surface area contributed by atoms with Gasteiger partial charge in [-0.05, 0) is 18.8 Å². The third kappa shape index (κ3) is 6.37. The van der Waals surface area contributed by atoms with Gasteiger partial charge in [0.05, 0.1) is 13.0 Å². The molecule has 20 heavy (non-hydrogen) atoms. The number of hydrogen-bond donors (Lipinski definition) is 3. The average Bonchev–Trinajstić information content (AvgIpc) is 3.16. The van der Waals surface area contributed by atoms with Crippen molar-refractivity contribution in [1.82, 2.24) is 10.2 Å². The first kappa shape index (κ1) is 16.2. The lowest BCUT2D eigenvalue weighted by atomic mass is 10.2. The van der Waals surface area contributed by atoms with Crippen LogP contribution in [-0.4, -0.2) is 60.8 Å². The maximum Gasteiger partial charge on any atom is 0.326 e. The molecule has 1 atom stereocenters. The Morgan fingerprint density at radius 2 is 2.10 bits per heavy atom. The zero-order valence-corrected chi connectivity index (χ0v) is 11.5. The van der Waals surface area contributed by atoms with Gasteiger partial charge in [-0.2, -0.15) is 0 Å². The SMILES string of the molecule is CN(CCOCC1CC1)C(=O)NC(CC(N)=O)C(=O)O. The number of amides is 3. The van der Waals surface area contributed by atoms with Crippen molar-refractivity contribution in [2.75, 3.05) is 26.8 Å². The van der Waals surface area contributed by atoms with E-state index >= 15 is 0 Å². The van der Waals surface area contributed by atoms with Crippen LogP contribution in [0.4, 0.5) is 4.79 Å². The first-order valence-corrected chi connectivity index (χ1v) is 6.50. The summed E-state index contributed by atoms with van der Waals surface area (Å²) in [6, 6.07) is -1.89. The molecule has 1 aliphatic rings. The minimum absolute atomic E-state index is 0.349. The van der Waals surface area contributed by atoms with Crippen molar-refractivity contribution >= 4 is 17.9 Å². The van der Waals surface area contributed by atoms with Gasteiger partial charge >= 0.3 is 12.0 Å². The van der Waals surface area contributed by atoms with Crippen LogP contribution in [0.3, 0.4) is 0 Å². The summed E-state index contributed by atoms with van der Waals surface area (Å²) < 4.78 is 5.38. The molecule has 114 valence electrons. The van der Waals surface area contributed by atoms with Gasteiger partial charge in [-0.3, -0.25) is 4.79 Å². The highest BCUT2D eigenvalue weighted by Crippen LogP contribution is 2.28. The first-order valence-electron chi connectivity index (χ1n) is 6.50. The van der Waals surface area contributed by atoms with Crippen molar-refractivity contribution in [1.29, 1.82) is 0 Å². The second-order valence-electron chi connectivity index (χ2n) is 4.95. The number of carbonyl (C=O) groups is 3. The van der Waals surface area contributed by atoms with E-state index in [1.165, 1.54) is 24.8 Å². The maximum absolute atomic E-state index is 11.7. The normalized spacial score (nSPS) is 15.4. The van der Waals surface area contributed by atoms with Crippen LogP contribution in [0.1, 0.15) is 19.3 Å². The molecule has 0 aromatic rings. The zero-order valence-electron chi connectivity index (χ0n) is 11.5. The Bertz CT molecular complexity index is 370. The van der Waals surface area contributed by atoms with Gasteiger partial charge in [0.1, 0.15) is 6.04 Å². The number of nitrogens with one attached hydrogen (secondary N) is 1. The van der Waals surface area contributed by atoms with Gasteiger partial charge in [-0.25, -0.2) is 9.59 Å². The van der Waals surface area contributed by atoms with E-state index in [1.54, 1.807) is 0 Å². The standard InChI is InChI=1S/C12H21N3O5/c1-15(4-5-20-7-8-2-3-8)12(19)14-9(11(17)18)6-10(13)16/h8-9H,2-7H2,1H3,(H2,13,16)(H,14,19)(H,17,18). The summed E-state index contributed by atoms with van der Waals surface area (Å²) in [5.41, 5.74) is 4.93. The third-order valence-corrected chi connectivity index (χ3v) is 2.97. The molecule has 0 aromatic heterocycles. The van der Waals surface area contributed by atoms with Crippen LogP contribution in [0.25, 0.3) is 0 Å². The monoisotopic (exact) mass is 287 g/mol. The number of ether oxygens (including phenoxy) is 1. The van der Waals surface area contributed by atoms with E-state index in [4.69, 9.17) is 15.6 Å². The van der Waals surface area contributed by atoms with Crippen LogP contribution < -0.4 is 11.1 Å². The van der Waals surface area contributed by atoms with E-state index < -0.39 is 30.4 Å². The predicted octanol–water partition coefficient (Wildman–Crippen LogP) is -0.617. The van der Waals surface area contributed by atoms with Crippen molar-refractivity contribution in [3.63, 3.8) is 0 Å². The van der Waals surface area contributed by atoms with Crippen LogP contribution in [0.15, 0.2) is 0 Å². The summed E-state index contributed by atoms with van der Waals surface area (Å²) in [6.45, 7) is 1.45. The van der Waals surface area contributed by atoms with Crippen LogP contribution in [-0.2, 0) is 14.3 Å². The Morgan fingerprint density at radius 1 is 1.45 bits per heavy atom. The number of carboxylic acids is 1. The lowest BCUT2D eigenvalue weighted by molar-refractivity contribution is -0.140. The summed E-state index contributed by atoms with van der Waals surface area (Å²) in [5.74, 6) is -1.43. The van der Waals surface area contributed by atoms with Gasteiger partial charge in [-0.15, -0.1) is 0 Å². The molecule has 8 nitrogen and oxygen atoms in total. The minimum Gasteiger partial charge on any atom is -0.480 e. The van der Waals surface area contributed by atoms with Gasteiger partial charge in [0.15, 0.2) is 0 Å². The molecule has 1 fully saturated rings. The topological polar surface area (TPSA) is 122 Å². The average molecular weight is 287 g/mol. The van der Waals surface area contributed by atoms with Crippen LogP contribution in [0.2, 0.25) is 0 Å². The van der Waals surface area contributed by atoms with Gasteiger partial charge in [0.2, 0.25) is 5.91 Å². The summed E-state index contributed by atoms with van der Waals surface area (Å²) in [5, 5.41) is 11.1. The predicted molar refractivity (Wildman–Crippen MR) is 69.9 cm³/mol. The Balaban J connectivity index is 2.26.